The van der Waals surface area contributed by atoms with Crippen LogP contribution in [0, 0.1) is 0 Å². The Morgan fingerprint density at radius 1 is 0.660 bits per heavy atom. The lowest BCUT2D eigenvalue weighted by molar-refractivity contribution is -0.137. The fraction of sp³-hybridized carbons (Fsp3) is 0.180. The van der Waals surface area contributed by atoms with Gasteiger partial charge in [0.05, 0.1) is 6.61 Å². The smallest absolute Gasteiger partial charge is 0.330 e. The van der Waals surface area contributed by atoms with E-state index in [0.29, 0.717) is 6.61 Å². The summed E-state index contributed by atoms with van der Waals surface area (Å²) in [6, 6.07) is 44.4. The number of furan rings is 1. The lowest BCUT2D eigenvalue weighted by Gasteiger charge is -2.33. The standard InChI is InChI=1S/C50H42O3/c1-6-47(51)52-27-12-11-26-50(31(2)3)42-18-9-7-14-36(42)39-24-21-33(29-45(39)50)32-20-23-37-38-25-22-34(30-44(38)49(4,5)43(37)28-32)35-16-13-17-41-40-15-8-10-19-46(40)53-48(35)41/h6-10,13-25,28-30H,1-2,11-12,26-27H2,3-5H3. The molecule has 1 unspecified atom stereocenters. The minimum atomic E-state index is -0.373. The zero-order chi connectivity index (χ0) is 36.5. The van der Waals surface area contributed by atoms with Gasteiger partial charge in [0.1, 0.15) is 11.2 Å². The normalized spacial score (nSPS) is 16.2. The summed E-state index contributed by atoms with van der Waals surface area (Å²) < 4.78 is 11.8. The molecule has 1 aromatic heterocycles. The lowest BCUT2D eigenvalue weighted by Crippen LogP contribution is -2.26. The van der Waals surface area contributed by atoms with Crippen LogP contribution in [-0.2, 0) is 20.4 Å². The molecule has 0 saturated carbocycles. The van der Waals surface area contributed by atoms with Gasteiger partial charge in [-0.05, 0) is 112 Å². The van der Waals surface area contributed by atoms with E-state index < -0.39 is 0 Å². The summed E-state index contributed by atoms with van der Waals surface area (Å²) in [5.74, 6) is -0.373. The van der Waals surface area contributed by atoms with E-state index >= 15 is 0 Å². The summed E-state index contributed by atoms with van der Waals surface area (Å²) >= 11 is 0. The van der Waals surface area contributed by atoms with Gasteiger partial charge < -0.3 is 9.15 Å². The number of unbranched alkanes of at least 4 members (excludes halogenated alkanes) is 1. The van der Waals surface area contributed by atoms with Crippen LogP contribution in [0.2, 0.25) is 0 Å². The van der Waals surface area contributed by atoms with Crippen LogP contribution < -0.4 is 0 Å². The highest BCUT2D eigenvalue weighted by Crippen LogP contribution is 2.56. The van der Waals surface area contributed by atoms with Gasteiger partial charge in [-0.3, -0.25) is 0 Å². The molecule has 0 aliphatic heterocycles. The molecule has 2 aliphatic rings. The third-order valence-corrected chi connectivity index (χ3v) is 12.0. The molecule has 0 fully saturated rings. The lowest BCUT2D eigenvalue weighted by atomic mass is 9.69. The average molecular weight is 691 g/mol. The number of benzene rings is 6. The van der Waals surface area contributed by atoms with E-state index in [2.05, 4.69) is 143 Å². The molecule has 0 spiro atoms. The number of carbonyl (C=O) groups is 1. The Hall–Kier alpha value is -5.93. The van der Waals surface area contributed by atoms with Crippen molar-refractivity contribution in [3.8, 4) is 44.5 Å². The Labute approximate surface area is 311 Å². The molecule has 1 atom stereocenters. The first-order chi connectivity index (χ1) is 25.7. The van der Waals surface area contributed by atoms with Gasteiger partial charge in [0, 0.05) is 33.2 Å². The summed E-state index contributed by atoms with van der Waals surface area (Å²) in [6.07, 6.45) is 3.79. The average Bonchev–Trinajstić information content (AvgIpc) is 3.78. The first-order valence-corrected chi connectivity index (χ1v) is 18.6. The van der Waals surface area contributed by atoms with E-state index in [0.717, 1.165) is 52.3 Å². The van der Waals surface area contributed by atoms with Crippen LogP contribution in [0.15, 0.2) is 151 Å². The molecular weight excluding hydrogens is 649 g/mol. The van der Waals surface area contributed by atoms with E-state index in [1.165, 1.54) is 67.3 Å². The second-order valence-electron chi connectivity index (χ2n) is 15.2. The fourth-order valence-corrected chi connectivity index (χ4v) is 9.27. The van der Waals surface area contributed by atoms with E-state index in [1.54, 1.807) is 0 Å². The van der Waals surface area contributed by atoms with Gasteiger partial charge in [-0.2, -0.15) is 0 Å². The second kappa shape index (κ2) is 12.3. The Balaban J connectivity index is 1.08. The minimum absolute atomic E-state index is 0.193. The first kappa shape index (κ1) is 32.9. The van der Waals surface area contributed by atoms with Gasteiger partial charge in [0.2, 0.25) is 0 Å². The molecule has 3 heteroatoms. The van der Waals surface area contributed by atoms with Crippen LogP contribution in [0.25, 0.3) is 66.4 Å². The van der Waals surface area contributed by atoms with Crippen molar-refractivity contribution in [2.24, 2.45) is 0 Å². The van der Waals surface area contributed by atoms with Gasteiger partial charge in [0.25, 0.3) is 0 Å². The van der Waals surface area contributed by atoms with Crippen molar-refractivity contribution >= 4 is 27.9 Å². The number of allylic oxidation sites excluding steroid dienone is 1. The zero-order valence-corrected chi connectivity index (χ0v) is 30.6. The minimum Gasteiger partial charge on any atom is -0.463 e. The molecule has 0 saturated heterocycles. The van der Waals surface area contributed by atoms with Crippen molar-refractivity contribution in [1.82, 2.24) is 0 Å². The maximum Gasteiger partial charge on any atom is 0.330 e. The molecule has 1 heterocycles. The van der Waals surface area contributed by atoms with Crippen molar-refractivity contribution in [3.05, 3.63) is 168 Å². The predicted octanol–water partition coefficient (Wildman–Crippen LogP) is 13.0. The Morgan fingerprint density at radius 3 is 1.98 bits per heavy atom. The third-order valence-electron chi connectivity index (χ3n) is 12.0. The van der Waals surface area contributed by atoms with Crippen LogP contribution in [0.4, 0.5) is 0 Å². The van der Waals surface area contributed by atoms with E-state index in [1.807, 2.05) is 12.1 Å². The highest BCUT2D eigenvalue weighted by atomic mass is 16.5. The van der Waals surface area contributed by atoms with Crippen LogP contribution in [-0.4, -0.2) is 12.6 Å². The highest BCUT2D eigenvalue weighted by Gasteiger charge is 2.43. The molecule has 7 aromatic rings. The number of rotatable bonds is 9. The molecule has 3 nitrogen and oxygen atoms in total. The van der Waals surface area contributed by atoms with E-state index in [9.17, 15) is 4.79 Å². The number of hydrogen-bond donors (Lipinski definition) is 0. The summed E-state index contributed by atoms with van der Waals surface area (Å²) in [7, 11) is 0. The molecule has 0 N–H and O–H groups in total. The number of fused-ring (bicyclic) bond motifs is 9. The van der Waals surface area contributed by atoms with Crippen molar-refractivity contribution in [1.29, 1.82) is 0 Å². The zero-order valence-electron chi connectivity index (χ0n) is 30.6. The van der Waals surface area contributed by atoms with Gasteiger partial charge in [0.15, 0.2) is 0 Å². The number of esters is 1. The SMILES string of the molecule is C=CC(=O)OCCCCC1(C(=C)C)c2ccccc2-c2ccc(-c3ccc4c(c3)C(C)(C)c3cc(-c5cccc6c5oc5ccccc56)ccc3-4)cc21. The van der Waals surface area contributed by atoms with Crippen LogP contribution in [0.5, 0.6) is 0 Å². The van der Waals surface area contributed by atoms with Crippen molar-refractivity contribution in [2.75, 3.05) is 6.61 Å². The summed E-state index contributed by atoms with van der Waals surface area (Å²) in [4.78, 5) is 11.7. The summed E-state index contributed by atoms with van der Waals surface area (Å²) in [5, 5.41) is 2.29. The molecular formula is C50H42O3. The Morgan fingerprint density at radius 2 is 1.25 bits per heavy atom. The quantitative estimate of drug-likeness (QED) is 0.0655. The van der Waals surface area contributed by atoms with Crippen molar-refractivity contribution < 1.29 is 13.9 Å². The van der Waals surface area contributed by atoms with Crippen LogP contribution in [0.1, 0.15) is 62.3 Å². The summed E-state index contributed by atoms with van der Waals surface area (Å²) in [6.45, 7) is 15.4. The van der Waals surface area contributed by atoms with Gasteiger partial charge in [-0.15, -0.1) is 0 Å². The summed E-state index contributed by atoms with van der Waals surface area (Å²) in [5.41, 5.74) is 17.6. The molecule has 0 amide bonds. The molecule has 6 aromatic carbocycles. The van der Waals surface area contributed by atoms with Crippen LogP contribution >= 0.6 is 0 Å². The van der Waals surface area contributed by atoms with Gasteiger partial charge in [-0.1, -0.05) is 130 Å². The van der Waals surface area contributed by atoms with Crippen molar-refractivity contribution in [3.63, 3.8) is 0 Å². The molecule has 2 aliphatic carbocycles. The van der Waals surface area contributed by atoms with Gasteiger partial charge in [-0.25, -0.2) is 4.79 Å². The fourth-order valence-electron chi connectivity index (χ4n) is 9.27. The highest BCUT2D eigenvalue weighted by molar-refractivity contribution is 6.09. The number of hydrogen-bond acceptors (Lipinski definition) is 3. The maximum absolute atomic E-state index is 11.7. The van der Waals surface area contributed by atoms with Gasteiger partial charge >= 0.3 is 5.97 Å². The maximum atomic E-state index is 11.7. The Bertz CT molecular complexity index is 2650. The topological polar surface area (TPSA) is 39.4 Å². The number of para-hydroxylation sites is 2. The molecule has 9 rings (SSSR count). The molecule has 260 valence electrons. The third kappa shape index (κ3) is 4.98. The largest absolute Gasteiger partial charge is 0.463 e. The second-order valence-corrected chi connectivity index (χ2v) is 15.2. The molecule has 53 heavy (non-hydrogen) atoms. The molecule has 0 bridgehead atoms. The van der Waals surface area contributed by atoms with E-state index in [4.69, 9.17) is 9.15 Å². The number of ether oxygens (including phenoxy) is 1. The monoisotopic (exact) mass is 690 g/mol. The van der Waals surface area contributed by atoms with E-state index in [-0.39, 0.29) is 16.8 Å². The van der Waals surface area contributed by atoms with Crippen molar-refractivity contribution in [2.45, 2.75) is 50.9 Å². The number of carbonyl (C=O) groups excluding carboxylic acids is 1. The predicted molar refractivity (Wildman–Crippen MR) is 218 cm³/mol. The molecule has 0 radical (unpaired) electrons. The first-order valence-electron chi connectivity index (χ1n) is 18.6. The van der Waals surface area contributed by atoms with Crippen LogP contribution in [0.3, 0.4) is 0 Å². The Kier molecular flexibility index (Phi) is 7.67.